The van der Waals surface area contributed by atoms with Crippen LogP contribution in [0.5, 0.6) is 0 Å². The molecule has 0 atom stereocenters. The lowest BCUT2D eigenvalue weighted by Gasteiger charge is -2.06. The molecule has 0 bridgehead atoms. The summed E-state index contributed by atoms with van der Waals surface area (Å²) in [4.78, 5) is 24.2. The van der Waals surface area contributed by atoms with Crippen molar-refractivity contribution >= 4 is 29.1 Å². The number of anilines is 1. The average molecular weight is 317 g/mol. The fourth-order valence-electron chi connectivity index (χ4n) is 1.84. The molecule has 0 aliphatic heterocycles. The van der Waals surface area contributed by atoms with E-state index < -0.39 is 5.82 Å². The van der Waals surface area contributed by atoms with Crippen molar-refractivity contribution in [2.75, 3.05) is 11.1 Å². The fourth-order valence-corrected chi connectivity index (χ4v) is 2.54. The molecule has 0 unspecified atom stereocenters. The van der Waals surface area contributed by atoms with Gasteiger partial charge in [0, 0.05) is 16.9 Å². The Morgan fingerprint density at radius 2 is 1.77 bits per heavy atom. The molecule has 2 aromatic carbocycles. The maximum absolute atomic E-state index is 13.4. The smallest absolute Gasteiger partial charge is 0.234 e. The van der Waals surface area contributed by atoms with E-state index in [1.807, 2.05) is 19.1 Å². The Kier molecular flexibility index (Phi) is 5.72. The van der Waals surface area contributed by atoms with Crippen molar-refractivity contribution in [3.8, 4) is 0 Å². The van der Waals surface area contributed by atoms with Crippen LogP contribution in [0.15, 0.2) is 53.4 Å². The monoisotopic (exact) mass is 317 g/mol. The zero-order valence-electron chi connectivity index (χ0n) is 12.1. The number of ketones is 1. The predicted octanol–water partition coefficient (Wildman–Crippen LogP) is 4.15. The average Bonchev–Trinajstić information content (AvgIpc) is 2.55. The van der Waals surface area contributed by atoms with Gasteiger partial charge in [0.2, 0.25) is 5.91 Å². The first-order valence-corrected chi connectivity index (χ1v) is 7.89. The Labute approximate surface area is 132 Å². The molecule has 0 heterocycles. The van der Waals surface area contributed by atoms with Gasteiger partial charge in [0.25, 0.3) is 0 Å². The Balaban J connectivity index is 1.89. The van der Waals surface area contributed by atoms with Gasteiger partial charge >= 0.3 is 0 Å². The van der Waals surface area contributed by atoms with E-state index in [9.17, 15) is 14.0 Å². The number of halogens is 1. The van der Waals surface area contributed by atoms with Crippen LogP contribution in [0.4, 0.5) is 10.1 Å². The third-order valence-corrected chi connectivity index (χ3v) is 4.03. The fraction of sp³-hybridized carbons (Fsp3) is 0.176. The zero-order chi connectivity index (χ0) is 15.9. The largest absolute Gasteiger partial charge is 0.323 e. The number of carbonyl (C=O) groups is 2. The van der Waals surface area contributed by atoms with Crippen LogP contribution in [0.2, 0.25) is 0 Å². The maximum Gasteiger partial charge on any atom is 0.234 e. The van der Waals surface area contributed by atoms with Crippen molar-refractivity contribution in [1.82, 2.24) is 0 Å². The van der Waals surface area contributed by atoms with Gasteiger partial charge in [-0.05, 0) is 24.3 Å². The summed E-state index contributed by atoms with van der Waals surface area (Å²) in [6.45, 7) is 1.82. The van der Waals surface area contributed by atoms with Crippen molar-refractivity contribution in [1.29, 1.82) is 0 Å². The van der Waals surface area contributed by atoms with Crippen molar-refractivity contribution in [2.24, 2.45) is 0 Å². The lowest BCUT2D eigenvalue weighted by Crippen LogP contribution is -2.14. The van der Waals surface area contributed by atoms with Crippen LogP contribution >= 0.6 is 11.8 Å². The summed E-state index contributed by atoms with van der Waals surface area (Å²) >= 11 is 1.34. The minimum atomic E-state index is -0.455. The Hall–Kier alpha value is -2.14. The van der Waals surface area contributed by atoms with Gasteiger partial charge in [-0.2, -0.15) is 0 Å². The van der Waals surface area contributed by atoms with Gasteiger partial charge in [0.1, 0.15) is 5.82 Å². The number of carbonyl (C=O) groups excluding carboxylic acids is 2. The summed E-state index contributed by atoms with van der Waals surface area (Å²) in [7, 11) is 0. The number of para-hydroxylation sites is 1. The van der Waals surface area contributed by atoms with E-state index in [1.54, 1.807) is 24.3 Å². The highest BCUT2D eigenvalue weighted by Gasteiger charge is 2.08. The summed E-state index contributed by atoms with van der Waals surface area (Å²) in [5.74, 6) is -0.462. The third-order valence-electron chi connectivity index (χ3n) is 3.02. The second-order valence-electron chi connectivity index (χ2n) is 4.62. The highest BCUT2D eigenvalue weighted by atomic mass is 32.2. The highest BCUT2D eigenvalue weighted by molar-refractivity contribution is 8.00. The molecular weight excluding hydrogens is 301 g/mol. The summed E-state index contributed by atoms with van der Waals surface area (Å²) in [5, 5.41) is 2.53. The van der Waals surface area contributed by atoms with Crippen LogP contribution in [0.3, 0.4) is 0 Å². The Morgan fingerprint density at radius 1 is 1.09 bits per heavy atom. The third kappa shape index (κ3) is 4.43. The normalized spacial score (nSPS) is 10.3. The summed E-state index contributed by atoms with van der Waals surface area (Å²) < 4.78 is 13.4. The van der Waals surface area contributed by atoms with E-state index in [1.165, 1.54) is 23.9 Å². The second-order valence-corrected chi connectivity index (χ2v) is 5.67. The molecule has 0 spiro atoms. The first-order valence-electron chi connectivity index (χ1n) is 6.90. The lowest BCUT2D eigenvalue weighted by molar-refractivity contribution is -0.113. The zero-order valence-corrected chi connectivity index (χ0v) is 13.0. The quantitative estimate of drug-likeness (QED) is 0.643. The predicted molar refractivity (Wildman–Crippen MR) is 86.8 cm³/mol. The Bertz CT molecular complexity index is 671. The van der Waals surface area contributed by atoms with Crippen LogP contribution in [-0.2, 0) is 4.79 Å². The number of benzene rings is 2. The van der Waals surface area contributed by atoms with Crippen LogP contribution in [0.1, 0.15) is 23.7 Å². The van der Waals surface area contributed by atoms with Gasteiger partial charge in [-0.15, -0.1) is 11.8 Å². The number of rotatable bonds is 6. The molecule has 0 aromatic heterocycles. The van der Waals surface area contributed by atoms with E-state index in [-0.39, 0.29) is 23.1 Å². The van der Waals surface area contributed by atoms with Crippen LogP contribution in [-0.4, -0.2) is 17.4 Å². The number of Topliss-reactive ketones (excluding diaryl/α,β-unsaturated/α-hetero) is 1. The molecule has 5 heteroatoms. The molecule has 0 radical (unpaired) electrons. The number of thioether (sulfide) groups is 1. The van der Waals surface area contributed by atoms with Gasteiger partial charge in [0.15, 0.2) is 5.78 Å². The number of nitrogens with one attached hydrogen (secondary N) is 1. The van der Waals surface area contributed by atoms with Gasteiger partial charge in [0.05, 0.1) is 11.4 Å². The highest BCUT2D eigenvalue weighted by Crippen LogP contribution is 2.20. The van der Waals surface area contributed by atoms with Crippen LogP contribution < -0.4 is 5.32 Å². The van der Waals surface area contributed by atoms with Gasteiger partial charge in [-0.3, -0.25) is 9.59 Å². The van der Waals surface area contributed by atoms with Crippen molar-refractivity contribution in [3.05, 3.63) is 59.9 Å². The van der Waals surface area contributed by atoms with Gasteiger partial charge in [-0.1, -0.05) is 31.2 Å². The van der Waals surface area contributed by atoms with Crippen LogP contribution in [0, 0.1) is 5.82 Å². The summed E-state index contributed by atoms with van der Waals surface area (Å²) in [5.41, 5.74) is 0.847. The van der Waals surface area contributed by atoms with E-state index in [0.29, 0.717) is 12.0 Å². The molecule has 2 aromatic rings. The molecule has 22 heavy (non-hydrogen) atoms. The van der Waals surface area contributed by atoms with E-state index >= 15 is 0 Å². The molecule has 1 N–H and O–H groups in total. The minimum Gasteiger partial charge on any atom is -0.323 e. The molecule has 0 saturated carbocycles. The molecule has 0 saturated heterocycles. The van der Waals surface area contributed by atoms with Crippen molar-refractivity contribution < 1.29 is 14.0 Å². The van der Waals surface area contributed by atoms with E-state index in [0.717, 1.165) is 4.90 Å². The first kappa shape index (κ1) is 16.2. The Morgan fingerprint density at radius 3 is 2.41 bits per heavy atom. The van der Waals surface area contributed by atoms with E-state index in [4.69, 9.17) is 0 Å². The van der Waals surface area contributed by atoms with Crippen molar-refractivity contribution in [2.45, 2.75) is 18.2 Å². The number of hydrogen-bond acceptors (Lipinski definition) is 3. The molecular formula is C17H16FNO2S. The van der Waals surface area contributed by atoms with E-state index in [2.05, 4.69) is 5.32 Å². The minimum absolute atomic E-state index is 0.0915. The number of hydrogen-bond donors (Lipinski definition) is 1. The molecule has 3 nitrogen and oxygen atoms in total. The van der Waals surface area contributed by atoms with Gasteiger partial charge in [-0.25, -0.2) is 4.39 Å². The molecule has 2 rings (SSSR count). The molecule has 0 fully saturated rings. The molecule has 0 aliphatic rings. The summed E-state index contributed by atoms with van der Waals surface area (Å²) in [6, 6.07) is 13.2. The lowest BCUT2D eigenvalue weighted by atomic mass is 10.1. The van der Waals surface area contributed by atoms with Crippen LogP contribution in [0.25, 0.3) is 0 Å². The van der Waals surface area contributed by atoms with Gasteiger partial charge < -0.3 is 5.32 Å². The standard InChI is InChI=1S/C17H16FNO2S/c1-2-16(20)12-7-9-13(10-8-12)22-11-17(21)19-15-6-4-3-5-14(15)18/h3-10H,2,11H2,1H3,(H,19,21). The topological polar surface area (TPSA) is 46.2 Å². The molecule has 114 valence electrons. The first-order chi connectivity index (χ1) is 10.6. The number of amides is 1. The maximum atomic E-state index is 13.4. The molecule has 0 aliphatic carbocycles. The second kappa shape index (κ2) is 7.75. The summed E-state index contributed by atoms with van der Waals surface area (Å²) in [6.07, 6.45) is 0.470. The molecule has 1 amide bonds. The van der Waals surface area contributed by atoms with Crippen molar-refractivity contribution in [3.63, 3.8) is 0 Å². The SMILES string of the molecule is CCC(=O)c1ccc(SCC(=O)Nc2ccccc2F)cc1.